The van der Waals surface area contributed by atoms with Gasteiger partial charge in [0.25, 0.3) is 0 Å². The third-order valence-corrected chi connectivity index (χ3v) is 4.42. The van der Waals surface area contributed by atoms with E-state index in [1.54, 1.807) is 50.6 Å². The highest BCUT2D eigenvalue weighted by Crippen LogP contribution is 2.20. The van der Waals surface area contributed by atoms with Crippen LogP contribution in [0.15, 0.2) is 60.7 Å². The van der Waals surface area contributed by atoms with Crippen LogP contribution in [-0.4, -0.2) is 38.8 Å². The summed E-state index contributed by atoms with van der Waals surface area (Å²) >= 11 is 0. The molecule has 1 amide bonds. The molecule has 0 saturated carbocycles. The number of carbonyl (C=O) groups excluding carboxylic acids is 1. The molecule has 1 heterocycles. The molecule has 0 spiro atoms. The third kappa shape index (κ3) is 5.97. The monoisotopic (exact) mass is 399 g/mol. The van der Waals surface area contributed by atoms with Crippen LogP contribution in [0.4, 0.5) is 10.5 Å². The number of hydrogen-bond acceptors (Lipinski definition) is 6. The van der Waals surface area contributed by atoms with Gasteiger partial charge in [-0.25, -0.2) is 4.79 Å². The van der Waals surface area contributed by atoms with Crippen LogP contribution in [-0.2, 0) is 20.8 Å². The summed E-state index contributed by atoms with van der Waals surface area (Å²) in [6.45, 7) is 2.23. The van der Waals surface area contributed by atoms with E-state index in [-0.39, 0.29) is 6.10 Å². The van der Waals surface area contributed by atoms with Gasteiger partial charge in [-0.3, -0.25) is 5.32 Å². The molecule has 0 aliphatic carbocycles. The molecule has 29 heavy (non-hydrogen) atoms. The molecule has 2 aromatic rings. The summed E-state index contributed by atoms with van der Waals surface area (Å²) in [6, 6.07) is 14.6. The number of hydrogen-bond donors (Lipinski definition) is 1. The van der Waals surface area contributed by atoms with E-state index < -0.39 is 18.5 Å². The minimum atomic E-state index is -0.558. The fraction of sp³-hybridized carbons (Fsp3) is 0.318. The average Bonchev–Trinajstić information content (AvgIpc) is 2.75. The topological polar surface area (TPSA) is 75.3 Å². The Morgan fingerprint density at radius 1 is 0.966 bits per heavy atom. The van der Waals surface area contributed by atoms with Gasteiger partial charge >= 0.3 is 6.09 Å². The van der Waals surface area contributed by atoms with Crippen molar-refractivity contribution in [3.8, 4) is 11.5 Å². The Bertz CT molecular complexity index is 818. The summed E-state index contributed by atoms with van der Waals surface area (Å²) in [6.07, 6.45) is 1.61. The maximum absolute atomic E-state index is 12.1. The zero-order chi connectivity index (χ0) is 20.6. The van der Waals surface area contributed by atoms with Crippen molar-refractivity contribution in [2.24, 2.45) is 0 Å². The Morgan fingerprint density at radius 2 is 1.59 bits per heavy atom. The van der Waals surface area contributed by atoms with Gasteiger partial charge in [0.1, 0.15) is 17.6 Å². The van der Waals surface area contributed by atoms with E-state index in [2.05, 4.69) is 5.32 Å². The first kappa shape index (κ1) is 20.7. The SMILES string of the molecule is COc1ccc(CO[C@H]2C=C[C@H](OC(=O)Nc3ccc(OC)cc3)[C@H](C)O2)cc1. The summed E-state index contributed by atoms with van der Waals surface area (Å²) in [4.78, 5) is 12.1. The molecule has 0 unspecified atom stereocenters. The van der Waals surface area contributed by atoms with E-state index in [0.29, 0.717) is 18.0 Å². The van der Waals surface area contributed by atoms with Crippen LogP contribution in [0.2, 0.25) is 0 Å². The molecule has 154 valence electrons. The fourth-order valence-corrected chi connectivity index (χ4v) is 2.77. The van der Waals surface area contributed by atoms with E-state index in [1.807, 2.05) is 31.2 Å². The van der Waals surface area contributed by atoms with Crippen LogP contribution in [0.1, 0.15) is 12.5 Å². The lowest BCUT2D eigenvalue weighted by molar-refractivity contribution is -0.170. The standard InChI is InChI=1S/C22H25NO6/c1-15-20(29-22(24)23-17-6-10-19(26-3)11-7-17)12-13-21(28-15)27-14-16-4-8-18(25-2)9-5-16/h4-13,15,20-21H,14H2,1-3H3,(H,23,24)/t15-,20-,21+/m0/s1. The highest BCUT2D eigenvalue weighted by molar-refractivity contribution is 5.84. The maximum atomic E-state index is 12.1. The number of benzene rings is 2. The summed E-state index contributed by atoms with van der Waals surface area (Å²) in [5.74, 6) is 1.51. The molecular weight excluding hydrogens is 374 g/mol. The molecule has 3 rings (SSSR count). The van der Waals surface area contributed by atoms with Gasteiger partial charge in [0.15, 0.2) is 6.29 Å². The first-order valence-electron chi connectivity index (χ1n) is 9.27. The smallest absolute Gasteiger partial charge is 0.412 e. The zero-order valence-electron chi connectivity index (χ0n) is 16.7. The Morgan fingerprint density at radius 3 is 2.17 bits per heavy atom. The number of rotatable bonds is 7. The van der Waals surface area contributed by atoms with Crippen molar-refractivity contribution in [3.63, 3.8) is 0 Å². The first-order valence-corrected chi connectivity index (χ1v) is 9.27. The number of methoxy groups -OCH3 is 2. The Kier molecular flexibility index (Phi) is 7.10. The van der Waals surface area contributed by atoms with E-state index in [9.17, 15) is 4.79 Å². The van der Waals surface area contributed by atoms with Gasteiger partial charge < -0.3 is 23.7 Å². The van der Waals surface area contributed by atoms with Crippen molar-refractivity contribution in [2.75, 3.05) is 19.5 Å². The number of nitrogens with one attached hydrogen (secondary N) is 1. The molecule has 1 aliphatic heterocycles. The largest absolute Gasteiger partial charge is 0.497 e. The van der Waals surface area contributed by atoms with Gasteiger partial charge in [-0.15, -0.1) is 0 Å². The molecule has 3 atom stereocenters. The molecule has 0 radical (unpaired) electrons. The van der Waals surface area contributed by atoms with Crippen molar-refractivity contribution in [2.45, 2.75) is 32.0 Å². The summed E-state index contributed by atoms with van der Waals surface area (Å²) in [5.41, 5.74) is 1.62. The van der Waals surface area contributed by atoms with Crippen molar-refractivity contribution in [3.05, 3.63) is 66.2 Å². The van der Waals surface area contributed by atoms with Crippen LogP contribution in [0.3, 0.4) is 0 Å². The molecule has 7 nitrogen and oxygen atoms in total. The van der Waals surface area contributed by atoms with E-state index in [0.717, 1.165) is 11.3 Å². The lowest BCUT2D eigenvalue weighted by Gasteiger charge is -2.29. The number of carbonyl (C=O) groups is 1. The lowest BCUT2D eigenvalue weighted by Crippen LogP contribution is -2.38. The molecule has 1 aliphatic rings. The Hall–Kier alpha value is -3.03. The molecule has 0 saturated heterocycles. The molecule has 7 heteroatoms. The highest BCUT2D eigenvalue weighted by atomic mass is 16.7. The second-order valence-electron chi connectivity index (χ2n) is 6.48. The number of ether oxygens (including phenoxy) is 5. The quantitative estimate of drug-likeness (QED) is 0.706. The minimum absolute atomic E-state index is 0.345. The van der Waals surface area contributed by atoms with Gasteiger partial charge in [0, 0.05) is 5.69 Å². The van der Waals surface area contributed by atoms with Gasteiger partial charge in [0.2, 0.25) is 0 Å². The van der Waals surface area contributed by atoms with E-state index in [4.69, 9.17) is 23.7 Å². The lowest BCUT2D eigenvalue weighted by atomic mass is 10.1. The van der Waals surface area contributed by atoms with Crippen molar-refractivity contribution in [1.82, 2.24) is 0 Å². The molecule has 2 aromatic carbocycles. The van der Waals surface area contributed by atoms with Gasteiger partial charge in [0.05, 0.1) is 26.9 Å². The van der Waals surface area contributed by atoms with Gasteiger partial charge in [-0.05, 0) is 61.0 Å². The Labute approximate surface area is 170 Å². The molecule has 0 bridgehead atoms. The van der Waals surface area contributed by atoms with Crippen molar-refractivity contribution >= 4 is 11.8 Å². The normalized spacial score (nSPS) is 20.7. The van der Waals surface area contributed by atoms with Crippen LogP contribution in [0.5, 0.6) is 11.5 Å². The predicted molar refractivity (Wildman–Crippen MR) is 108 cm³/mol. The van der Waals surface area contributed by atoms with Crippen LogP contribution in [0.25, 0.3) is 0 Å². The maximum Gasteiger partial charge on any atom is 0.412 e. The second kappa shape index (κ2) is 9.95. The molecule has 0 fully saturated rings. The van der Waals surface area contributed by atoms with E-state index in [1.165, 1.54) is 0 Å². The zero-order valence-corrected chi connectivity index (χ0v) is 16.7. The highest BCUT2D eigenvalue weighted by Gasteiger charge is 2.27. The molecular formula is C22H25NO6. The summed E-state index contributed by atoms with van der Waals surface area (Å²) < 4.78 is 27.2. The first-order chi connectivity index (χ1) is 14.1. The Balaban J connectivity index is 1.47. The van der Waals surface area contributed by atoms with Crippen LogP contribution >= 0.6 is 0 Å². The third-order valence-electron chi connectivity index (χ3n) is 4.42. The van der Waals surface area contributed by atoms with Crippen molar-refractivity contribution in [1.29, 1.82) is 0 Å². The average molecular weight is 399 g/mol. The van der Waals surface area contributed by atoms with Crippen molar-refractivity contribution < 1.29 is 28.5 Å². The molecule has 0 aromatic heterocycles. The molecule has 1 N–H and O–H groups in total. The minimum Gasteiger partial charge on any atom is -0.497 e. The van der Waals surface area contributed by atoms with Gasteiger partial charge in [-0.2, -0.15) is 0 Å². The van der Waals surface area contributed by atoms with Gasteiger partial charge in [-0.1, -0.05) is 12.1 Å². The fourth-order valence-electron chi connectivity index (χ4n) is 2.77. The summed E-state index contributed by atoms with van der Waals surface area (Å²) in [5, 5.41) is 2.68. The van der Waals surface area contributed by atoms with Crippen LogP contribution < -0.4 is 14.8 Å². The predicted octanol–water partition coefficient (Wildman–Crippen LogP) is 4.14. The number of anilines is 1. The van der Waals surface area contributed by atoms with Crippen LogP contribution in [0, 0.1) is 0 Å². The summed E-state index contributed by atoms with van der Waals surface area (Å²) in [7, 11) is 3.21. The second-order valence-corrected chi connectivity index (χ2v) is 6.48. The van der Waals surface area contributed by atoms with E-state index >= 15 is 0 Å². The number of amides is 1.